The Labute approximate surface area is 125 Å². The minimum Gasteiger partial charge on any atom is -0.504 e. The molecule has 2 unspecified atom stereocenters. The van der Waals surface area contributed by atoms with E-state index in [0.29, 0.717) is 6.42 Å². The van der Waals surface area contributed by atoms with E-state index in [1.54, 1.807) is 6.07 Å². The number of hydrogen-bond acceptors (Lipinski definition) is 3. The van der Waals surface area contributed by atoms with Crippen LogP contribution in [0.25, 0.3) is 0 Å². The van der Waals surface area contributed by atoms with Gasteiger partial charge in [-0.1, -0.05) is 43.3 Å². The van der Waals surface area contributed by atoms with Gasteiger partial charge in [0.15, 0.2) is 11.5 Å². The minimum absolute atomic E-state index is 0.167. The Bertz CT molecular complexity index is 661. The lowest BCUT2D eigenvalue weighted by molar-refractivity contribution is 0.401. The highest BCUT2D eigenvalue weighted by molar-refractivity contribution is 5.46. The second-order valence-electron chi connectivity index (χ2n) is 5.16. The number of phenolic OH excluding ortho intramolecular Hbond substituents is 2. The maximum atomic E-state index is 9.70. The normalized spacial score (nSPS) is 14.9. The molecule has 2 rings (SSSR count). The average Bonchev–Trinajstić information content (AvgIpc) is 2.52. The van der Waals surface area contributed by atoms with Crippen molar-refractivity contribution in [3.63, 3.8) is 0 Å². The maximum Gasteiger partial charge on any atom is 0.157 e. The number of aromatic hydroxyl groups is 2. The van der Waals surface area contributed by atoms with Gasteiger partial charge in [0.1, 0.15) is 0 Å². The lowest BCUT2D eigenvalue weighted by Gasteiger charge is -2.32. The fourth-order valence-corrected chi connectivity index (χ4v) is 2.71. The molecule has 107 valence electrons. The third-order valence-corrected chi connectivity index (χ3v) is 3.89. The molecule has 21 heavy (non-hydrogen) atoms. The summed E-state index contributed by atoms with van der Waals surface area (Å²) >= 11 is 0. The van der Waals surface area contributed by atoms with Crippen molar-refractivity contribution in [1.29, 1.82) is 5.26 Å². The van der Waals surface area contributed by atoms with E-state index in [-0.39, 0.29) is 17.4 Å². The van der Waals surface area contributed by atoms with Crippen LogP contribution in [-0.2, 0) is 5.41 Å². The molecule has 1 radical (unpaired) electrons. The van der Waals surface area contributed by atoms with Crippen LogP contribution in [0.1, 0.15) is 30.4 Å². The van der Waals surface area contributed by atoms with Gasteiger partial charge in [0.2, 0.25) is 0 Å². The Morgan fingerprint density at radius 1 is 1.14 bits per heavy atom. The lowest BCUT2D eigenvalue weighted by atomic mass is 9.69. The van der Waals surface area contributed by atoms with E-state index in [1.807, 2.05) is 37.3 Å². The quantitative estimate of drug-likeness (QED) is 0.835. The second kappa shape index (κ2) is 5.88. The molecular formula is C18H18NO2. The van der Waals surface area contributed by atoms with E-state index in [9.17, 15) is 15.5 Å². The van der Waals surface area contributed by atoms with Crippen molar-refractivity contribution in [2.24, 2.45) is 0 Å². The van der Waals surface area contributed by atoms with Crippen LogP contribution in [0.5, 0.6) is 11.5 Å². The van der Waals surface area contributed by atoms with Crippen LogP contribution in [0.15, 0.2) is 48.5 Å². The van der Waals surface area contributed by atoms with E-state index < -0.39 is 5.41 Å². The number of benzene rings is 2. The standard InChI is InChI=1S/C18H18NO2/c1-3-15(13-9-10-16(20)17(21)11-13)18(2,12-19)14-7-5-4-6-8-14/h4-11,15,20-21H,2-3H2,1H3. The molecule has 0 aliphatic heterocycles. The molecule has 0 amide bonds. The predicted molar refractivity (Wildman–Crippen MR) is 81.9 cm³/mol. The summed E-state index contributed by atoms with van der Waals surface area (Å²) in [6, 6.07) is 16.4. The summed E-state index contributed by atoms with van der Waals surface area (Å²) in [6.45, 7) is 6.13. The van der Waals surface area contributed by atoms with Crippen molar-refractivity contribution in [3.05, 3.63) is 66.6 Å². The number of phenols is 2. The molecular weight excluding hydrogens is 262 g/mol. The molecule has 3 nitrogen and oxygen atoms in total. The van der Waals surface area contributed by atoms with Crippen molar-refractivity contribution in [2.45, 2.75) is 24.7 Å². The minimum atomic E-state index is -0.945. The Hall–Kier alpha value is -2.47. The third kappa shape index (κ3) is 2.71. The van der Waals surface area contributed by atoms with Crippen LogP contribution >= 0.6 is 0 Å². The largest absolute Gasteiger partial charge is 0.504 e. The molecule has 0 aromatic heterocycles. The number of rotatable bonds is 4. The zero-order chi connectivity index (χ0) is 15.5. The molecule has 2 aromatic carbocycles. The molecule has 2 N–H and O–H groups in total. The van der Waals surface area contributed by atoms with Crippen LogP contribution in [0.4, 0.5) is 0 Å². The fourth-order valence-electron chi connectivity index (χ4n) is 2.71. The first-order chi connectivity index (χ1) is 10.0. The summed E-state index contributed by atoms with van der Waals surface area (Å²) in [5.74, 6) is -0.532. The molecule has 0 heterocycles. The molecule has 0 spiro atoms. The average molecular weight is 280 g/mol. The van der Waals surface area contributed by atoms with Gasteiger partial charge in [0.05, 0.1) is 11.5 Å². The van der Waals surface area contributed by atoms with Crippen molar-refractivity contribution >= 4 is 0 Å². The first-order valence-corrected chi connectivity index (χ1v) is 6.87. The summed E-state index contributed by atoms with van der Waals surface area (Å²) in [5, 5.41) is 28.8. The van der Waals surface area contributed by atoms with Gasteiger partial charge >= 0.3 is 0 Å². The highest BCUT2D eigenvalue weighted by Crippen LogP contribution is 2.42. The van der Waals surface area contributed by atoms with Gasteiger partial charge in [-0.2, -0.15) is 5.26 Å². The van der Waals surface area contributed by atoms with E-state index in [1.165, 1.54) is 12.1 Å². The first-order valence-electron chi connectivity index (χ1n) is 6.87. The molecule has 0 saturated heterocycles. The van der Waals surface area contributed by atoms with Crippen molar-refractivity contribution in [1.82, 2.24) is 0 Å². The number of nitrogens with zero attached hydrogens (tertiary/aromatic N) is 1. The third-order valence-electron chi connectivity index (χ3n) is 3.89. The van der Waals surface area contributed by atoms with Crippen LogP contribution < -0.4 is 0 Å². The van der Waals surface area contributed by atoms with Gasteiger partial charge in [-0.3, -0.25) is 0 Å². The predicted octanol–water partition coefficient (Wildman–Crippen LogP) is 3.89. The summed E-state index contributed by atoms with van der Waals surface area (Å²) in [6.07, 6.45) is 0.691. The van der Waals surface area contributed by atoms with Gasteiger partial charge in [0, 0.05) is 5.92 Å². The highest BCUT2D eigenvalue weighted by atomic mass is 16.3. The second-order valence-corrected chi connectivity index (χ2v) is 5.16. The summed E-state index contributed by atoms with van der Waals surface area (Å²) in [7, 11) is 0. The van der Waals surface area contributed by atoms with E-state index in [2.05, 4.69) is 13.0 Å². The zero-order valence-electron chi connectivity index (χ0n) is 12.0. The molecule has 2 atom stereocenters. The Morgan fingerprint density at radius 2 is 1.81 bits per heavy atom. The SMILES string of the molecule is [CH2]C(C#N)(c1ccccc1)C(CC)c1ccc(O)c(O)c1. The Morgan fingerprint density at radius 3 is 2.33 bits per heavy atom. The molecule has 0 aliphatic carbocycles. The van der Waals surface area contributed by atoms with Crippen molar-refractivity contribution < 1.29 is 10.2 Å². The van der Waals surface area contributed by atoms with Gasteiger partial charge in [0.25, 0.3) is 0 Å². The summed E-state index contributed by atoms with van der Waals surface area (Å²) < 4.78 is 0. The molecule has 3 heteroatoms. The lowest BCUT2D eigenvalue weighted by Crippen LogP contribution is -2.29. The number of nitriles is 1. The van der Waals surface area contributed by atoms with Crippen LogP contribution in [0.3, 0.4) is 0 Å². The van der Waals surface area contributed by atoms with Crippen LogP contribution in [0, 0.1) is 18.3 Å². The van der Waals surface area contributed by atoms with Crippen LogP contribution in [0.2, 0.25) is 0 Å². The molecule has 0 fully saturated rings. The number of hydrogen-bond donors (Lipinski definition) is 2. The van der Waals surface area contributed by atoms with Crippen molar-refractivity contribution in [2.75, 3.05) is 0 Å². The Balaban J connectivity index is 2.52. The van der Waals surface area contributed by atoms with Gasteiger partial charge in [-0.15, -0.1) is 0 Å². The zero-order valence-corrected chi connectivity index (χ0v) is 12.0. The summed E-state index contributed by atoms with van der Waals surface area (Å²) in [5.41, 5.74) is 0.680. The molecule has 0 aliphatic rings. The monoisotopic (exact) mass is 280 g/mol. The van der Waals surface area contributed by atoms with Crippen LogP contribution in [-0.4, -0.2) is 10.2 Å². The van der Waals surface area contributed by atoms with E-state index >= 15 is 0 Å². The maximum absolute atomic E-state index is 9.70. The van der Waals surface area contributed by atoms with Crippen molar-refractivity contribution in [3.8, 4) is 17.6 Å². The topological polar surface area (TPSA) is 64.2 Å². The van der Waals surface area contributed by atoms with Gasteiger partial charge < -0.3 is 10.2 Å². The molecule has 0 bridgehead atoms. The molecule has 0 saturated carbocycles. The molecule has 2 aromatic rings. The highest BCUT2D eigenvalue weighted by Gasteiger charge is 2.36. The van der Waals surface area contributed by atoms with Gasteiger partial charge in [-0.05, 0) is 36.6 Å². The smallest absolute Gasteiger partial charge is 0.157 e. The Kier molecular flexibility index (Phi) is 4.18. The van der Waals surface area contributed by atoms with Gasteiger partial charge in [-0.25, -0.2) is 0 Å². The summed E-state index contributed by atoms with van der Waals surface area (Å²) in [4.78, 5) is 0. The fraction of sp³-hybridized carbons (Fsp3) is 0.222. The van der Waals surface area contributed by atoms with E-state index in [0.717, 1.165) is 11.1 Å². The van der Waals surface area contributed by atoms with E-state index in [4.69, 9.17) is 0 Å². The first kappa shape index (κ1) is 14.9.